The number of hydrogen-bond donors (Lipinski definition) is 1. The molecule has 0 spiro atoms. The van der Waals surface area contributed by atoms with Crippen molar-refractivity contribution in [3.8, 4) is 5.88 Å². The van der Waals surface area contributed by atoms with E-state index in [4.69, 9.17) is 15.2 Å². The molecule has 0 amide bonds. The van der Waals surface area contributed by atoms with E-state index in [-0.39, 0.29) is 6.10 Å². The summed E-state index contributed by atoms with van der Waals surface area (Å²) >= 11 is 0. The highest BCUT2D eigenvalue weighted by Gasteiger charge is 2.22. The second-order valence-corrected chi connectivity index (χ2v) is 3.68. The van der Waals surface area contributed by atoms with Crippen molar-refractivity contribution in [1.29, 1.82) is 0 Å². The molecule has 0 bridgehead atoms. The smallest absolute Gasteiger partial charge is 0.238 e. The quantitative estimate of drug-likeness (QED) is 0.776. The molecule has 1 aromatic heterocycles. The van der Waals surface area contributed by atoms with Gasteiger partial charge in [-0.3, -0.25) is 0 Å². The number of rotatable bonds is 3. The fourth-order valence-corrected chi connectivity index (χ4v) is 1.41. The molecule has 0 atom stereocenters. The Morgan fingerprint density at radius 3 is 2.67 bits per heavy atom. The van der Waals surface area contributed by atoms with Gasteiger partial charge in [0.1, 0.15) is 6.10 Å². The molecule has 82 valence electrons. The van der Waals surface area contributed by atoms with E-state index in [1.807, 2.05) is 13.8 Å². The zero-order valence-electron chi connectivity index (χ0n) is 8.99. The van der Waals surface area contributed by atoms with Crippen molar-refractivity contribution >= 4 is 0 Å². The summed E-state index contributed by atoms with van der Waals surface area (Å²) in [6, 6.07) is 0. The van der Waals surface area contributed by atoms with Crippen molar-refractivity contribution in [2.24, 2.45) is 5.73 Å². The molecule has 1 aliphatic rings. The van der Waals surface area contributed by atoms with Crippen LogP contribution in [0.15, 0.2) is 0 Å². The monoisotopic (exact) mass is 209 g/mol. The topological polar surface area (TPSA) is 70.3 Å². The van der Waals surface area contributed by atoms with Gasteiger partial charge < -0.3 is 15.2 Å². The average Bonchev–Trinajstić information content (AvgIpc) is 2.17. The first-order chi connectivity index (χ1) is 7.22. The standard InChI is InChI=1S/C10H15N3O2/c1-6-7(2)12-13-10(9(6)3-11)15-8-4-14-5-8/h8H,3-5,11H2,1-2H3. The number of aryl methyl sites for hydroxylation is 1. The summed E-state index contributed by atoms with van der Waals surface area (Å²) in [5.41, 5.74) is 8.57. The highest BCUT2D eigenvalue weighted by Crippen LogP contribution is 2.22. The van der Waals surface area contributed by atoms with Crippen LogP contribution in [0.3, 0.4) is 0 Å². The van der Waals surface area contributed by atoms with Crippen LogP contribution < -0.4 is 10.5 Å². The van der Waals surface area contributed by atoms with Crippen LogP contribution in [-0.4, -0.2) is 29.5 Å². The highest BCUT2D eigenvalue weighted by atomic mass is 16.6. The van der Waals surface area contributed by atoms with E-state index in [1.165, 1.54) is 0 Å². The molecule has 2 N–H and O–H groups in total. The van der Waals surface area contributed by atoms with Crippen molar-refractivity contribution < 1.29 is 9.47 Å². The molecular formula is C10H15N3O2. The van der Waals surface area contributed by atoms with E-state index in [9.17, 15) is 0 Å². The van der Waals surface area contributed by atoms with Crippen LogP contribution in [0.4, 0.5) is 0 Å². The maximum Gasteiger partial charge on any atom is 0.238 e. The molecule has 5 heteroatoms. The van der Waals surface area contributed by atoms with Gasteiger partial charge in [0.2, 0.25) is 5.88 Å². The van der Waals surface area contributed by atoms with Gasteiger partial charge in [0.15, 0.2) is 0 Å². The molecule has 0 saturated carbocycles. The van der Waals surface area contributed by atoms with Crippen molar-refractivity contribution in [1.82, 2.24) is 10.2 Å². The molecule has 2 rings (SSSR count). The first-order valence-electron chi connectivity index (χ1n) is 4.99. The molecule has 2 heterocycles. The van der Waals surface area contributed by atoms with Gasteiger partial charge in [-0.15, -0.1) is 5.10 Å². The zero-order chi connectivity index (χ0) is 10.8. The first kappa shape index (κ1) is 10.3. The van der Waals surface area contributed by atoms with Crippen molar-refractivity contribution in [2.75, 3.05) is 13.2 Å². The second-order valence-electron chi connectivity index (χ2n) is 3.68. The fraction of sp³-hybridized carbons (Fsp3) is 0.600. The summed E-state index contributed by atoms with van der Waals surface area (Å²) in [6.07, 6.45) is 0.103. The number of nitrogens with two attached hydrogens (primary N) is 1. The Kier molecular flexibility index (Phi) is 2.83. The fourth-order valence-electron chi connectivity index (χ4n) is 1.41. The summed E-state index contributed by atoms with van der Waals surface area (Å²) < 4.78 is 10.7. The van der Waals surface area contributed by atoms with E-state index in [0.29, 0.717) is 25.6 Å². The van der Waals surface area contributed by atoms with Gasteiger partial charge in [0.25, 0.3) is 0 Å². The lowest BCUT2D eigenvalue weighted by atomic mass is 10.1. The molecule has 1 fully saturated rings. The minimum absolute atomic E-state index is 0.103. The Morgan fingerprint density at radius 2 is 2.13 bits per heavy atom. The maximum atomic E-state index is 5.68. The van der Waals surface area contributed by atoms with Crippen molar-refractivity contribution in [2.45, 2.75) is 26.5 Å². The summed E-state index contributed by atoms with van der Waals surface area (Å²) in [5, 5.41) is 8.05. The maximum absolute atomic E-state index is 5.68. The van der Waals surface area contributed by atoms with Gasteiger partial charge in [0.05, 0.1) is 18.9 Å². The average molecular weight is 209 g/mol. The number of aromatic nitrogens is 2. The van der Waals surface area contributed by atoms with E-state index in [1.54, 1.807) is 0 Å². The van der Waals surface area contributed by atoms with Gasteiger partial charge in [-0.2, -0.15) is 5.10 Å². The molecule has 0 aliphatic carbocycles. The van der Waals surface area contributed by atoms with Crippen LogP contribution in [0.1, 0.15) is 16.8 Å². The van der Waals surface area contributed by atoms with Crippen molar-refractivity contribution in [3.05, 3.63) is 16.8 Å². The van der Waals surface area contributed by atoms with Crippen LogP contribution in [0.25, 0.3) is 0 Å². The number of nitrogens with zero attached hydrogens (tertiary/aromatic N) is 2. The predicted octanol–water partition coefficient (Wildman–Crippen LogP) is 0.330. The van der Waals surface area contributed by atoms with E-state index in [2.05, 4.69) is 10.2 Å². The van der Waals surface area contributed by atoms with Gasteiger partial charge in [-0.25, -0.2) is 0 Å². The third-order valence-electron chi connectivity index (χ3n) is 2.63. The normalized spacial score (nSPS) is 16.2. The molecular weight excluding hydrogens is 194 g/mol. The van der Waals surface area contributed by atoms with Gasteiger partial charge >= 0.3 is 0 Å². The van der Waals surface area contributed by atoms with Gasteiger partial charge in [-0.05, 0) is 19.4 Å². The SMILES string of the molecule is Cc1nnc(OC2COC2)c(CN)c1C. The Morgan fingerprint density at radius 1 is 1.40 bits per heavy atom. The third kappa shape index (κ3) is 1.93. The van der Waals surface area contributed by atoms with Crippen LogP contribution >= 0.6 is 0 Å². The summed E-state index contributed by atoms with van der Waals surface area (Å²) in [7, 11) is 0. The zero-order valence-corrected chi connectivity index (χ0v) is 8.99. The lowest BCUT2D eigenvalue weighted by molar-refractivity contribution is -0.0820. The molecule has 0 unspecified atom stereocenters. The second kappa shape index (κ2) is 4.12. The Hall–Kier alpha value is -1.20. The summed E-state index contributed by atoms with van der Waals surface area (Å²) in [4.78, 5) is 0. The van der Waals surface area contributed by atoms with Gasteiger partial charge in [-0.1, -0.05) is 0 Å². The Bertz CT molecular complexity index is 364. The number of ether oxygens (including phenoxy) is 2. The van der Waals surface area contributed by atoms with Crippen LogP contribution in [-0.2, 0) is 11.3 Å². The minimum atomic E-state index is 0.103. The first-order valence-corrected chi connectivity index (χ1v) is 4.99. The third-order valence-corrected chi connectivity index (χ3v) is 2.63. The predicted molar refractivity (Wildman–Crippen MR) is 54.6 cm³/mol. The van der Waals surface area contributed by atoms with E-state index in [0.717, 1.165) is 16.8 Å². The largest absolute Gasteiger partial charge is 0.468 e. The van der Waals surface area contributed by atoms with Crippen LogP contribution in [0, 0.1) is 13.8 Å². The molecule has 1 saturated heterocycles. The van der Waals surface area contributed by atoms with Gasteiger partial charge in [0, 0.05) is 12.1 Å². The molecule has 0 radical (unpaired) electrons. The van der Waals surface area contributed by atoms with Crippen LogP contribution in [0.5, 0.6) is 5.88 Å². The molecule has 1 aliphatic heterocycles. The minimum Gasteiger partial charge on any atom is -0.468 e. The Labute approximate surface area is 88.6 Å². The molecule has 5 nitrogen and oxygen atoms in total. The van der Waals surface area contributed by atoms with Crippen molar-refractivity contribution in [3.63, 3.8) is 0 Å². The number of hydrogen-bond acceptors (Lipinski definition) is 5. The molecule has 15 heavy (non-hydrogen) atoms. The highest BCUT2D eigenvalue weighted by molar-refractivity contribution is 5.35. The molecule has 1 aromatic rings. The van der Waals surface area contributed by atoms with E-state index >= 15 is 0 Å². The summed E-state index contributed by atoms with van der Waals surface area (Å²) in [6.45, 7) is 5.57. The van der Waals surface area contributed by atoms with Crippen LogP contribution in [0.2, 0.25) is 0 Å². The lowest BCUT2D eigenvalue weighted by Crippen LogP contribution is -2.39. The van der Waals surface area contributed by atoms with E-state index < -0.39 is 0 Å². The lowest BCUT2D eigenvalue weighted by Gasteiger charge is -2.27. The summed E-state index contributed by atoms with van der Waals surface area (Å²) in [5.74, 6) is 0.550. The molecule has 0 aromatic carbocycles. The Balaban J connectivity index is 2.25.